The van der Waals surface area contributed by atoms with E-state index in [4.69, 9.17) is 5.11 Å². The minimum absolute atomic E-state index is 0.00414. The molecule has 1 aliphatic heterocycles. The van der Waals surface area contributed by atoms with Crippen molar-refractivity contribution in [2.75, 3.05) is 6.54 Å². The van der Waals surface area contributed by atoms with Crippen LogP contribution in [0, 0.1) is 5.41 Å². The fraction of sp³-hybridized carbons (Fsp3) is 0.467. The maximum Gasteiger partial charge on any atom is 0.335 e. The standard InChI is InChI=1S/C21H27NO4.C9H12/c1-21(12-2-13-21)18(23)9-7-17-8-10-19(24)22(17)14-11-15-3-5-16(6-4-15)20(25)26;1-2-6-9-7-4-3-5-8-9/h3-7,9,17-18,23H,2,8,10-14H2,1H3,(H,25,26);3-5,7-8H,2,6H2,1H3/b9-7+;. The lowest BCUT2D eigenvalue weighted by Gasteiger charge is -2.41. The molecule has 5 nitrogen and oxygen atoms in total. The number of benzene rings is 2. The number of likely N-dealkylation sites (tertiary alicyclic amines) is 1. The molecule has 1 saturated heterocycles. The highest BCUT2D eigenvalue weighted by molar-refractivity contribution is 5.87. The molecule has 0 radical (unpaired) electrons. The van der Waals surface area contributed by atoms with Crippen molar-refractivity contribution in [2.24, 2.45) is 5.41 Å². The predicted molar refractivity (Wildman–Crippen MR) is 139 cm³/mol. The minimum atomic E-state index is -0.935. The topological polar surface area (TPSA) is 77.8 Å². The second-order valence-electron chi connectivity index (χ2n) is 10.0. The average Bonchev–Trinajstić information content (AvgIpc) is 3.20. The van der Waals surface area contributed by atoms with E-state index < -0.39 is 12.1 Å². The Morgan fingerprint density at radius 1 is 1.09 bits per heavy atom. The number of aromatic carboxylic acids is 1. The molecule has 1 heterocycles. The number of aliphatic hydroxyl groups excluding tert-OH is 1. The van der Waals surface area contributed by atoms with E-state index in [2.05, 4.69) is 44.2 Å². The number of hydrogen-bond donors (Lipinski definition) is 2. The summed E-state index contributed by atoms with van der Waals surface area (Å²) in [4.78, 5) is 25.0. The van der Waals surface area contributed by atoms with E-state index in [0.29, 0.717) is 19.4 Å². The summed E-state index contributed by atoms with van der Waals surface area (Å²) in [5.74, 6) is -0.790. The van der Waals surface area contributed by atoms with Crippen LogP contribution in [0.1, 0.15) is 73.9 Å². The van der Waals surface area contributed by atoms with E-state index in [0.717, 1.165) is 24.8 Å². The Bertz CT molecular complexity index is 979. The summed E-state index contributed by atoms with van der Waals surface area (Å²) in [6, 6.07) is 17.4. The zero-order valence-corrected chi connectivity index (χ0v) is 21.0. The number of amides is 1. The summed E-state index contributed by atoms with van der Waals surface area (Å²) in [7, 11) is 0. The Morgan fingerprint density at radius 3 is 2.31 bits per heavy atom. The van der Waals surface area contributed by atoms with E-state index in [9.17, 15) is 14.7 Å². The molecule has 2 fully saturated rings. The first kappa shape index (κ1) is 26.7. The highest BCUT2D eigenvalue weighted by Crippen LogP contribution is 2.43. The Balaban J connectivity index is 0.000000320. The van der Waals surface area contributed by atoms with E-state index in [1.165, 1.54) is 24.8 Å². The molecule has 2 atom stereocenters. The number of aliphatic hydroxyl groups is 1. The van der Waals surface area contributed by atoms with E-state index >= 15 is 0 Å². The zero-order valence-electron chi connectivity index (χ0n) is 21.0. The number of carbonyl (C=O) groups is 2. The average molecular weight is 478 g/mol. The van der Waals surface area contributed by atoms with Crippen LogP contribution in [0.5, 0.6) is 0 Å². The molecule has 1 amide bonds. The number of nitrogens with zero attached hydrogens (tertiary/aromatic N) is 1. The molecular formula is C30H39NO4. The summed E-state index contributed by atoms with van der Waals surface area (Å²) >= 11 is 0. The van der Waals surface area contributed by atoms with Crippen molar-refractivity contribution in [1.29, 1.82) is 0 Å². The monoisotopic (exact) mass is 477 g/mol. The smallest absolute Gasteiger partial charge is 0.335 e. The van der Waals surface area contributed by atoms with Gasteiger partial charge in [-0.25, -0.2) is 4.79 Å². The molecule has 5 heteroatoms. The molecule has 35 heavy (non-hydrogen) atoms. The van der Waals surface area contributed by atoms with Gasteiger partial charge in [0.1, 0.15) is 0 Å². The van der Waals surface area contributed by atoms with Crippen LogP contribution in [0.3, 0.4) is 0 Å². The third-order valence-electron chi connectivity index (χ3n) is 7.32. The molecule has 2 unspecified atom stereocenters. The first-order chi connectivity index (χ1) is 16.8. The third-order valence-corrected chi connectivity index (χ3v) is 7.32. The van der Waals surface area contributed by atoms with Crippen LogP contribution < -0.4 is 0 Å². The lowest BCUT2D eigenvalue weighted by Crippen LogP contribution is -2.38. The summed E-state index contributed by atoms with van der Waals surface area (Å²) in [6.45, 7) is 4.92. The summed E-state index contributed by atoms with van der Waals surface area (Å²) in [5, 5.41) is 19.3. The number of carboxylic acid groups (broad SMARTS) is 1. The molecule has 2 aromatic rings. The van der Waals surface area contributed by atoms with Gasteiger partial charge >= 0.3 is 5.97 Å². The van der Waals surface area contributed by atoms with Gasteiger partial charge in [-0.05, 0) is 60.8 Å². The first-order valence-electron chi connectivity index (χ1n) is 12.8. The van der Waals surface area contributed by atoms with E-state index in [1.807, 2.05) is 17.1 Å². The van der Waals surface area contributed by atoms with Crippen molar-refractivity contribution in [3.63, 3.8) is 0 Å². The summed E-state index contributed by atoms with van der Waals surface area (Å²) in [6.07, 6.45) is 11.2. The van der Waals surface area contributed by atoms with Crippen LogP contribution in [0.2, 0.25) is 0 Å². The van der Waals surface area contributed by atoms with E-state index in [-0.39, 0.29) is 22.9 Å². The van der Waals surface area contributed by atoms with Gasteiger partial charge in [-0.1, -0.05) is 81.3 Å². The van der Waals surface area contributed by atoms with Crippen molar-refractivity contribution in [3.05, 3.63) is 83.4 Å². The normalized spacial score (nSPS) is 19.7. The van der Waals surface area contributed by atoms with Gasteiger partial charge in [-0.15, -0.1) is 0 Å². The van der Waals surface area contributed by atoms with Gasteiger partial charge in [0.15, 0.2) is 0 Å². The van der Waals surface area contributed by atoms with Gasteiger partial charge in [0.2, 0.25) is 5.91 Å². The highest BCUT2D eigenvalue weighted by atomic mass is 16.4. The van der Waals surface area contributed by atoms with Crippen LogP contribution in [0.25, 0.3) is 0 Å². The van der Waals surface area contributed by atoms with Gasteiger partial charge in [-0.3, -0.25) is 4.79 Å². The number of hydrogen-bond acceptors (Lipinski definition) is 3. The van der Waals surface area contributed by atoms with Crippen molar-refractivity contribution >= 4 is 11.9 Å². The Kier molecular flexibility index (Phi) is 9.67. The molecule has 1 aliphatic carbocycles. The number of carbonyl (C=O) groups excluding carboxylic acids is 1. The molecule has 2 aliphatic rings. The van der Waals surface area contributed by atoms with Crippen molar-refractivity contribution in [1.82, 2.24) is 4.90 Å². The molecule has 2 N–H and O–H groups in total. The SMILES string of the molecule is CC1(C(O)/C=C/C2CCC(=O)N2CCc2ccc(C(=O)O)cc2)CCC1.CCCc1ccccc1. The fourth-order valence-corrected chi connectivity index (χ4v) is 4.74. The van der Waals surface area contributed by atoms with Crippen LogP contribution in [-0.4, -0.2) is 45.7 Å². The van der Waals surface area contributed by atoms with Gasteiger partial charge < -0.3 is 15.1 Å². The maximum absolute atomic E-state index is 12.2. The minimum Gasteiger partial charge on any atom is -0.478 e. The van der Waals surface area contributed by atoms with Gasteiger partial charge in [-0.2, -0.15) is 0 Å². The molecule has 0 spiro atoms. The van der Waals surface area contributed by atoms with Gasteiger partial charge in [0.25, 0.3) is 0 Å². The lowest BCUT2D eigenvalue weighted by atomic mass is 9.66. The maximum atomic E-state index is 12.2. The molecule has 0 bridgehead atoms. The Hall–Kier alpha value is -2.92. The van der Waals surface area contributed by atoms with Crippen molar-refractivity contribution in [2.45, 2.75) is 77.4 Å². The molecule has 188 valence electrons. The molecule has 1 saturated carbocycles. The molecule has 4 rings (SSSR count). The quantitative estimate of drug-likeness (QED) is 0.457. The highest BCUT2D eigenvalue weighted by Gasteiger charge is 2.38. The van der Waals surface area contributed by atoms with E-state index in [1.54, 1.807) is 24.3 Å². The van der Waals surface area contributed by atoms with Crippen LogP contribution >= 0.6 is 0 Å². The molecule has 0 aromatic heterocycles. The number of rotatable bonds is 9. The summed E-state index contributed by atoms with van der Waals surface area (Å²) in [5.41, 5.74) is 2.72. The van der Waals surface area contributed by atoms with Crippen LogP contribution in [0.15, 0.2) is 66.7 Å². The predicted octanol–water partition coefficient (Wildman–Crippen LogP) is 5.66. The largest absolute Gasteiger partial charge is 0.478 e. The van der Waals surface area contributed by atoms with Crippen molar-refractivity contribution < 1.29 is 19.8 Å². The first-order valence-corrected chi connectivity index (χ1v) is 12.8. The molecule has 2 aromatic carbocycles. The summed E-state index contributed by atoms with van der Waals surface area (Å²) < 4.78 is 0. The number of aryl methyl sites for hydroxylation is 1. The van der Waals surface area contributed by atoms with Crippen LogP contribution in [0.4, 0.5) is 0 Å². The van der Waals surface area contributed by atoms with Gasteiger partial charge in [0, 0.05) is 13.0 Å². The zero-order chi connectivity index (χ0) is 25.3. The Labute approximate surface area is 209 Å². The van der Waals surface area contributed by atoms with Crippen molar-refractivity contribution in [3.8, 4) is 0 Å². The Morgan fingerprint density at radius 2 is 1.74 bits per heavy atom. The van der Waals surface area contributed by atoms with Crippen LogP contribution in [-0.2, 0) is 17.6 Å². The van der Waals surface area contributed by atoms with Gasteiger partial charge in [0.05, 0.1) is 17.7 Å². The number of carboxylic acids is 1. The fourth-order valence-electron chi connectivity index (χ4n) is 4.74. The second-order valence-corrected chi connectivity index (χ2v) is 10.0. The molecular weight excluding hydrogens is 438 g/mol. The third kappa shape index (κ3) is 7.53. The second kappa shape index (κ2) is 12.7. The lowest BCUT2D eigenvalue weighted by molar-refractivity contribution is -0.128.